The van der Waals surface area contributed by atoms with Gasteiger partial charge in [-0.2, -0.15) is 0 Å². The third-order valence-corrected chi connectivity index (χ3v) is 2.55. The van der Waals surface area contributed by atoms with Gasteiger partial charge in [0.25, 0.3) is 0 Å². The average Bonchev–Trinajstić information content (AvgIpc) is 2.37. The minimum atomic E-state index is -0.273. The predicted octanol–water partition coefficient (Wildman–Crippen LogP) is 1.39. The van der Waals surface area contributed by atoms with Crippen molar-refractivity contribution < 1.29 is 14.3 Å². The van der Waals surface area contributed by atoms with Crippen molar-refractivity contribution in [3.63, 3.8) is 0 Å². The first-order valence-electron chi connectivity index (χ1n) is 5.61. The zero-order valence-electron chi connectivity index (χ0n) is 10.5. The molecule has 0 fully saturated rings. The summed E-state index contributed by atoms with van der Waals surface area (Å²) < 4.78 is 9.77. The zero-order valence-corrected chi connectivity index (χ0v) is 10.5. The molecule has 0 saturated carbocycles. The molecule has 0 saturated heterocycles. The molecule has 17 heavy (non-hydrogen) atoms. The largest absolute Gasteiger partial charge is 0.497 e. The van der Waals surface area contributed by atoms with Crippen molar-refractivity contribution in [1.29, 1.82) is 0 Å². The number of ether oxygens (including phenoxy) is 2. The van der Waals surface area contributed by atoms with E-state index in [1.165, 1.54) is 12.7 Å². The second-order valence-electron chi connectivity index (χ2n) is 3.80. The highest BCUT2D eigenvalue weighted by Gasteiger charge is 2.11. The smallest absolute Gasteiger partial charge is 0.322 e. The van der Waals surface area contributed by atoms with E-state index in [9.17, 15) is 4.79 Å². The van der Waals surface area contributed by atoms with Gasteiger partial charge in [0.05, 0.1) is 14.2 Å². The van der Waals surface area contributed by atoms with Crippen molar-refractivity contribution in [1.82, 2.24) is 5.32 Å². The first-order chi connectivity index (χ1) is 8.17. The van der Waals surface area contributed by atoms with Gasteiger partial charge >= 0.3 is 5.97 Å². The van der Waals surface area contributed by atoms with Gasteiger partial charge in [-0.3, -0.25) is 4.79 Å². The summed E-state index contributed by atoms with van der Waals surface area (Å²) in [6.07, 6.45) is 0.846. The Morgan fingerprint density at radius 1 is 1.41 bits per heavy atom. The van der Waals surface area contributed by atoms with Crippen molar-refractivity contribution in [3.8, 4) is 5.75 Å². The highest BCUT2D eigenvalue weighted by Crippen LogP contribution is 2.12. The fourth-order valence-corrected chi connectivity index (χ4v) is 1.52. The molecule has 0 bridgehead atoms. The van der Waals surface area contributed by atoms with Gasteiger partial charge in [-0.25, -0.2) is 0 Å². The Hall–Kier alpha value is -1.55. The Morgan fingerprint density at radius 2 is 2.18 bits per heavy atom. The van der Waals surface area contributed by atoms with E-state index in [4.69, 9.17) is 4.74 Å². The minimum absolute atomic E-state index is 0.240. The molecule has 0 radical (unpaired) electrons. The minimum Gasteiger partial charge on any atom is -0.497 e. The summed E-state index contributed by atoms with van der Waals surface area (Å²) in [5.41, 5.74) is 1.17. The molecular weight excluding hydrogens is 218 g/mol. The second kappa shape index (κ2) is 6.91. The lowest BCUT2D eigenvalue weighted by molar-refractivity contribution is -0.142. The first kappa shape index (κ1) is 13.5. The number of hydrogen-bond acceptors (Lipinski definition) is 4. The van der Waals surface area contributed by atoms with Gasteiger partial charge in [0.15, 0.2) is 0 Å². The first-order valence-corrected chi connectivity index (χ1v) is 5.61. The van der Waals surface area contributed by atoms with E-state index in [-0.39, 0.29) is 12.0 Å². The maximum absolute atomic E-state index is 11.1. The molecule has 1 N–H and O–H groups in total. The van der Waals surface area contributed by atoms with E-state index in [0.717, 1.165) is 18.7 Å². The third kappa shape index (κ3) is 4.44. The standard InChI is InChI=1S/C13H19NO3/c1-10(13(15)17-3)14-8-7-11-5-4-6-12(9-11)16-2/h4-6,9-10,14H,7-8H2,1-3H3. The van der Waals surface area contributed by atoms with Crippen LogP contribution in [0.25, 0.3) is 0 Å². The van der Waals surface area contributed by atoms with E-state index in [1.54, 1.807) is 14.0 Å². The third-order valence-electron chi connectivity index (χ3n) is 2.55. The molecule has 1 unspecified atom stereocenters. The Balaban J connectivity index is 2.37. The van der Waals surface area contributed by atoms with Gasteiger partial charge in [-0.15, -0.1) is 0 Å². The van der Waals surface area contributed by atoms with Gasteiger partial charge < -0.3 is 14.8 Å². The van der Waals surface area contributed by atoms with Gasteiger partial charge in [-0.1, -0.05) is 12.1 Å². The maximum atomic E-state index is 11.1. The molecule has 4 nitrogen and oxygen atoms in total. The molecule has 0 aromatic heterocycles. The molecule has 0 amide bonds. The molecule has 1 rings (SSSR count). The lowest BCUT2D eigenvalue weighted by Crippen LogP contribution is -2.36. The fraction of sp³-hybridized carbons (Fsp3) is 0.462. The molecule has 1 aromatic rings. The Morgan fingerprint density at radius 3 is 2.82 bits per heavy atom. The second-order valence-corrected chi connectivity index (χ2v) is 3.80. The summed E-state index contributed by atoms with van der Waals surface area (Å²) >= 11 is 0. The lowest BCUT2D eigenvalue weighted by atomic mass is 10.1. The number of hydrogen-bond donors (Lipinski definition) is 1. The molecule has 0 aliphatic heterocycles. The van der Waals surface area contributed by atoms with Crippen molar-refractivity contribution >= 4 is 5.97 Å². The SMILES string of the molecule is COC(=O)C(C)NCCc1cccc(OC)c1. The molecule has 0 aliphatic rings. The summed E-state index contributed by atoms with van der Waals surface area (Å²) in [5.74, 6) is 0.610. The van der Waals surface area contributed by atoms with Gasteiger partial charge in [0.1, 0.15) is 11.8 Å². The number of carbonyl (C=O) groups excluding carboxylic acids is 1. The van der Waals surface area contributed by atoms with Crippen LogP contribution in [0.2, 0.25) is 0 Å². The maximum Gasteiger partial charge on any atom is 0.322 e. The number of rotatable bonds is 6. The summed E-state index contributed by atoms with van der Waals surface area (Å²) in [6, 6.07) is 7.62. The van der Waals surface area contributed by atoms with Crippen LogP contribution in [0, 0.1) is 0 Å². The zero-order chi connectivity index (χ0) is 12.7. The van der Waals surface area contributed by atoms with Crippen molar-refractivity contribution in [3.05, 3.63) is 29.8 Å². The molecular formula is C13H19NO3. The summed E-state index contributed by atoms with van der Waals surface area (Å²) in [4.78, 5) is 11.1. The predicted molar refractivity (Wildman–Crippen MR) is 66.2 cm³/mol. The van der Waals surface area contributed by atoms with E-state index < -0.39 is 0 Å². The topological polar surface area (TPSA) is 47.6 Å². The number of carbonyl (C=O) groups is 1. The average molecular weight is 237 g/mol. The van der Waals surface area contributed by atoms with Crippen molar-refractivity contribution in [2.24, 2.45) is 0 Å². The molecule has 94 valence electrons. The Kier molecular flexibility index (Phi) is 5.49. The number of benzene rings is 1. The molecule has 0 heterocycles. The monoisotopic (exact) mass is 237 g/mol. The summed E-state index contributed by atoms with van der Waals surface area (Å²) in [6.45, 7) is 2.51. The number of methoxy groups -OCH3 is 2. The fourth-order valence-electron chi connectivity index (χ4n) is 1.52. The van der Waals surface area contributed by atoms with E-state index in [1.807, 2.05) is 24.3 Å². The van der Waals surface area contributed by atoms with Crippen LogP contribution in [-0.2, 0) is 16.0 Å². The lowest BCUT2D eigenvalue weighted by Gasteiger charge is -2.11. The van der Waals surface area contributed by atoms with Gasteiger partial charge in [-0.05, 0) is 37.6 Å². The van der Waals surface area contributed by atoms with Crippen LogP contribution >= 0.6 is 0 Å². The van der Waals surface area contributed by atoms with Crippen LogP contribution in [0.4, 0.5) is 0 Å². The van der Waals surface area contributed by atoms with Crippen LogP contribution in [0.3, 0.4) is 0 Å². The van der Waals surface area contributed by atoms with Crippen molar-refractivity contribution in [2.45, 2.75) is 19.4 Å². The van der Waals surface area contributed by atoms with E-state index >= 15 is 0 Å². The summed E-state index contributed by atoms with van der Waals surface area (Å²) in [5, 5.41) is 3.10. The van der Waals surface area contributed by atoms with Crippen LogP contribution in [0.15, 0.2) is 24.3 Å². The van der Waals surface area contributed by atoms with Crippen molar-refractivity contribution in [2.75, 3.05) is 20.8 Å². The van der Waals surface area contributed by atoms with E-state index in [2.05, 4.69) is 10.1 Å². The highest BCUT2D eigenvalue weighted by molar-refractivity contribution is 5.75. The van der Waals surface area contributed by atoms with E-state index in [0.29, 0.717) is 0 Å². The Bertz CT molecular complexity index is 365. The number of esters is 1. The van der Waals surface area contributed by atoms with Gasteiger partial charge in [0, 0.05) is 0 Å². The highest BCUT2D eigenvalue weighted by atomic mass is 16.5. The number of nitrogens with one attached hydrogen (secondary N) is 1. The molecule has 1 aromatic carbocycles. The van der Waals surface area contributed by atoms with Crippen LogP contribution in [-0.4, -0.2) is 32.8 Å². The molecule has 1 atom stereocenters. The van der Waals surface area contributed by atoms with Crippen LogP contribution in [0.1, 0.15) is 12.5 Å². The van der Waals surface area contributed by atoms with Gasteiger partial charge in [0.2, 0.25) is 0 Å². The quantitative estimate of drug-likeness (QED) is 0.759. The Labute approximate surface area is 102 Å². The van der Waals surface area contributed by atoms with Crippen LogP contribution < -0.4 is 10.1 Å². The normalized spacial score (nSPS) is 11.9. The molecule has 4 heteroatoms. The van der Waals surface area contributed by atoms with Crippen LogP contribution in [0.5, 0.6) is 5.75 Å². The molecule has 0 aliphatic carbocycles. The summed E-state index contributed by atoms with van der Waals surface area (Å²) in [7, 11) is 3.04. The molecule has 0 spiro atoms.